The fraction of sp³-hybridized carbons (Fsp3) is 0.727. The van der Waals surface area contributed by atoms with Crippen LogP contribution in [-0.2, 0) is 6.42 Å². The Balaban J connectivity index is 2.05. The summed E-state index contributed by atoms with van der Waals surface area (Å²) in [5, 5.41) is 7.61. The van der Waals surface area contributed by atoms with E-state index in [2.05, 4.69) is 17.1 Å². The Kier molecular flexibility index (Phi) is 1.71. The van der Waals surface area contributed by atoms with Crippen LogP contribution in [0.4, 0.5) is 0 Å². The lowest BCUT2D eigenvalue weighted by Crippen LogP contribution is -2.25. The molecule has 1 saturated carbocycles. The maximum atomic E-state index is 6.24. The summed E-state index contributed by atoms with van der Waals surface area (Å²) in [6.07, 6.45) is 4.93. The number of nitrogens with one attached hydrogen (secondary N) is 1. The van der Waals surface area contributed by atoms with E-state index in [1.165, 1.54) is 36.2 Å². The standard InChI is InChI=1S/C11H17N3/c1-6-2-5-8-9(10(6)12)11(14-13-8)7-3-4-7/h6-7,10H,2-5,12H2,1H3,(H,13,14). The van der Waals surface area contributed by atoms with Crippen molar-refractivity contribution in [3.8, 4) is 0 Å². The molecule has 0 amide bonds. The zero-order chi connectivity index (χ0) is 9.71. The highest BCUT2D eigenvalue weighted by molar-refractivity contribution is 5.35. The fourth-order valence-electron chi connectivity index (χ4n) is 2.47. The molecule has 0 spiro atoms. The molecule has 14 heavy (non-hydrogen) atoms. The molecule has 2 atom stereocenters. The topological polar surface area (TPSA) is 54.7 Å². The molecule has 0 bridgehead atoms. The van der Waals surface area contributed by atoms with Crippen molar-refractivity contribution in [2.24, 2.45) is 11.7 Å². The van der Waals surface area contributed by atoms with E-state index >= 15 is 0 Å². The predicted octanol–water partition coefficient (Wildman–Crippen LogP) is 1.87. The Morgan fingerprint density at radius 3 is 2.86 bits per heavy atom. The van der Waals surface area contributed by atoms with E-state index in [0.29, 0.717) is 11.8 Å². The van der Waals surface area contributed by atoms with Gasteiger partial charge < -0.3 is 5.73 Å². The van der Waals surface area contributed by atoms with Crippen LogP contribution in [0.1, 0.15) is 55.1 Å². The number of hydrogen-bond acceptors (Lipinski definition) is 2. The predicted molar refractivity (Wildman–Crippen MR) is 55.0 cm³/mol. The molecule has 1 heterocycles. The number of aromatic nitrogens is 2. The van der Waals surface area contributed by atoms with Crippen LogP contribution >= 0.6 is 0 Å². The van der Waals surface area contributed by atoms with E-state index in [1.807, 2.05) is 0 Å². The molecular weight excluding hydrogens is 174 g/mol. The van der Waals surface area contributed by atoms with Gasteiger partial charge in [-0.3, -0.25) is 5.10 Å². The highest BCUT2D eigenvalue weighted by Crippen LogP contribution is 2.45. The Morgan fingerprint density at radius 1 is 1.36 bits per heavy atom. The third-order valence-electron chi connectivity index (χ3n) is 3.67. The zero-order valence-electron chi connectivity index (χ0n) is 8.59. The fourth-order valence-corrected chi connectivity index (χ4v) is 2.47. The van der Waals surface area contributed by atoms with Crippen LogP contribution in [0.5, 0.6) is 0 Å². The molecule has 3 rings (SSSR count). The minimum atomic E-state index is 0.216. The van der Waals surface area contributed by atoms with Gasteiger partial charge in [-0.25, -0.2) is 0 Å². The van der Waals surface area contributed by atoms with Crippen LogP contribution in [0.2, 0.25) is 0 Å². The third-order valence-corrected chi connectivity index (χ3v) is 3.67. The summed E-state index contributed by atoms with van der Waals surface area (Å²) >= 11 is 0. The summed E-state index contributed by atoms with van der Waals surface area (Å²) < 4.78 is 0. The molecule has 76 valence electrons. The van der Waals surface area contributed by atoms with E-state index in [0.717, 1.165) is 6.42 Å². The van der Waals surface area contributed by atoms with Crippen molar-refractivity contribution < 1.29 is 0 Å². The lowest BCUT2D eigenvalue weighted by Gasteiger charge is -2.26. The molecule has 3 nitrogen and oxygen atoms in total. The van der Waals surface area contributed by atoms with Crippen LogP contribution < -0.4 is 5.73 Å². The molecule has 2 unspecified atom stereocenters. The van der Waals surface area contributed by atoms with Crippen LogP contribution in [0.3, 0.4) is 0 Å². The molecule has 1 fully saturated rings. The number of H-pyrrole nitrogens is 1. The monoisotopic (exact) mass is 191 g/mol. The second kappa shape index (κ2) is 2.83. The van der Waals surface area contributed by atoms with Gasteiger partial charge in [-0.2, -0.15) is 5.10 Å². The lowest BCUT2D eigenvalue weighted by atomic mass is 9.83. The molecule has 2 aliphatic rings. The molecule has 1 aromatic heterocycles. The number of aromatic amines is 1. The highest BCUT2D eigenvalue weighted by Gasteiger charge is 2.35. The number of nitrogens with two attached hydrogens (primary N) is 1. The quantitative estimate of drug-likeness (QED) is 0.712. The van der Waals surface area contributed by atoms with Crippen molar-refractivity contribution in [2.45, 2.75) is 44.6 Å². The van der Waals surface area contributed by atoms with Crippen molar-refractivity contribution in [2.75, 3.05) is 0 Å². The first-order valence-corrected chi connectivity index (χ1v) is 5.60. The van der Waals surface area contributed by atoms with Crippen molar-refractivity contribution in [3.63, 3.8) is 0 Å². The van der Waals surface area contributed by atoms with Gasteiger partial charge in [0.2, 0.25) is 0 Å². The van der Waals surface area contributed by atoms with Crippen molar-refractivity contribution >= 4 is 0 Å². The minimum Gasteiger partial charge on any atom is -0.324 e. The largest absolute Gasteiger partial charge is 0.324 e. The molecule has 0 radical (unpaired) electrons. The van der Waals surface area contributed by atoms with Gasteiger partial charge in [-0.05, 0) is 31.6 Å². The van der Waals surface area contributed by atoms with Crippen LogP contribution in [-0.4, -0.2) is 10.2 Å². The summed E-state index contributed by atoms with van der Waals surface area (Å²) in [6, 6.07) is 0.216. The van der Waals surface area contributed by atoms with Crippen molar-refractivity contribution in [1.29, 1.82) is 0 Å². The maximum Gasteiger partial charge on any atom is 0.0703 e. The molecule has 0 aromatic carbocycles. The number of nitrogens with zero attached hydrogens (tertiary/aromatic N) is 1. The summed E-state index contributed by atoms with van der Waals surface area (Å²) in [4.78, 5) is 0. The van der Waals surface area contributed by atoms with E-state index in [4.69, 9.17) is 5.73 Å². The van der Waals surface area contributed by atoms with Gasteiger partial charge in [0.1, 0.15) is 0 Å². The first-order valence-electron chi connectivity index (χ1n) is 5.60. The molecule has 0 saturated heterocycles. The number of hydrogen-bond donors (Lipinski definition) is 2. The Hall–Kier alpha value is -0.830. The van der Waals surface area contributed by atoms with Crippen LogP contribution in [0.15, 0.2) is 0 Å². The molecular formula is C11H17N3. The third kappa shape index (κ3) is 1.12. The average Bonchev–Trinajstić information content (AvgIpc) is 2.93. The smallest absolute Gasteiger partial charge is 0.0703 e. The minimum absolute atomic E-state index is 0.216. The second-order valence-corrected chi connectivity index (χ2v) is 4.82. The first kappa shape index (κ1) is 8.48. The van der Waals surface area contributed by atoms with Crippen LogP contribution in [0, 0.1) is 5.92 Å². The summed E-state index contributed by atoms with van der Waals surface area (Å²) in [6.45, 7) is 2.25. The second-order valence-electron chi connectivity index (χ2n) is 4.82. The van der Waals surface area contributed by atoms with Gasteiger partial charge in [0, 0.05) is 23.2 Å². The zero-order valence-corrected chi connectivity index (χ0v) is 8.59. The van der Waals surface area contributed by atoms with E-state index < -0.39 is 0 Å². The van der Waals surface area contributed by atoms with Gasteiger partial charge in [-0.1, -0.05) is 6.92 Å². The highest BCUT2D eigenvalue weighted by atomic mass is 15.1. The van der Waals surface area contributed by atoms with Crippen molar-refractivity contribution in [1.82, 2.24) is 10.2 Å². The molecule has 3 N–H and O–H groups in total. The van der Waals surface area contributed by atoms with Gasteiger partial charge in [0.25, 0.3) is 0 Å². The SMILES string of the molecule is CC1CCc2[nH]nc(C3CC3)c2C1N. The normalized spacial score (nSPS) is 31.6. The van der Waals surface area contributed by atoms with E-state index in [1.54, 1.807) is 0 Å². The van der Waals surface area contributed by atoms with Gasteiger partial charge in [0.05, 0.1) is 5.69 Å². The Bertz CT molecular complexity index is 351. The van der Waals surface area contributed by atoms with E-state index in [-0.39, 0.29) is 6.04 Å². The molecule has 0 aliphatic heterocycles. The number of rotatable bonds is 1. The van der Waals surface area contributed by atoms with Crippen LogP contribution in [0.25, 0.3) is 0 Å². The average molecular weight is 191 g/mol. The van der Waals surface area contributed by atoms with Crippen molar-refractivity contribution in [3.05, 3.63) is 17.0 Å². The lowest BCUT2D eigenvalue weighted by molar-refractivity contribution is 0.408. The molecule has 3 heteroatoms. The summed E-state index contributed by atoms with van der Waals surface area (Å²) in [5.41, 5.74) is 10.2. The number of fused-ring (bicyclic) bond motifs is 1. The van der Waals surface area contributed by atoms with Gasteiger partial charge >= 0.3 is 0 Å². The van der Waals surface area contributed by atoms with Gasteiger partial charge in [0.15, 0.2) is 0 Å². The molecule has 1 aromatic rings. The van der Waals surface area contributed by atoms with E-state index in [9.17, 15) is 0 Å². The first-order chi connectivity index (χ1) is 6.77. The van der Waals surface area contributed by atoms with Gasteiger partial charge in [-0.15, -0.1) is 0 Å². The summed E-state index contributed by atoms with van der Waals surface area (Å²) in [5.74, 6) is 1.32. The summed E-state index contributed by atoms with van der Waals surface area (Å²) in [7, 11) is 0. The maximum absolute atomic E-state index is 6.24. The number of aryl methyl sites for hydroxylation is 1. The molecule has 2 aliphatic carbocycles. The Morgan fingerprint density at radius 2 is 2.14 bits per heavy atom. The Labute approximate surface area is 84.1 Å².